The average Bonchev–Trinajstić information content (AvgIpc) is 2.47. The molecule has 2 heterocycles. The van der Waals surface area contributed by atoms with Gasteiger partial charge in [-0.1, -0.05) is 6.92 Å². The second kappa shape index (κ2) is 5.08. The van der Waals surface area contributed by atoms with Crippen molar-refractivity contribution in [3.05, 3.63) is 30.0 Å². The van der Waals surface area contributed by atoms with Gasteiger partial charge in [-0.25, -0.2) is 0 Å². The first kappa shape index (κ1) is 12.3. The Morgan fingerprint density at radius 3 is 2.68 bits per heavy atom. The van der Waals surface area contributed by atoms with Gasteiger partial charge in [0.15, 0.2) is 0 Å². The lowest BCUT2D eigenvalue weighted by Gasteiger charge is -2.29. The van der Waals surface area contributed by atoms with Crippen LogP contribution in [0.2, 0.25) is 0 Å². The van der Waals surface area contributed by atoms with Crippen molar-refractivity contribution in [1.29, 1.82) is 0 Å². The summed E-state index contributed by atoms with van der Waals surface area (Å²) in [6.45, 7) is 4.42. The van der Waals surface area contributed by atoms with Crippen LogP contribution in [0.3, 0.4) is 0 Å². The van der Waals surface area contributed by atoms with Crippen molar-refractivity contribution in [2.75, 3.05) is 23.7 Å². The van der Waals surface area contributed by atoms with Crippen LogP contribution in [-0.2, 0) is 6.42 Å². The normalized spacial score (nSPS) is 15.9. The third kappa shape index (κ3) is 2.37. The number of pyridine rings is 1. The number of fused-ring (bicyclic) bond motifs is 1. The zero-order valence-electron chi connectivity index (χ0n) is 11.5. The van der Waals surface area contributed by atoms with Crippen molar-refractivity contribution in [3.63, 3.8) is 0 Å². The topological polar surface area (TPSA) is 42.1 Å². The van der Waals surface area contributed by atoms with Crippen molar-refractivity contribution in [1.82, 2.24) is 4.98 Å². The van der Waals surface area contributed by atoms with Gasteiger partial charge in [0.25, 0.3) is 0 Å². The molecule has 1 saturated heterocycles. The highest BCUT2D eigenvalue weighted by atomic mass is 15.1. The number of hydrogen-bond acceptors (Lipinski definition) is 3. The van der Waals surface area contributed by atoms with Crippen LogP contribution in [0.15, 0.2) is 24.3 Å². The molecule has 1 aliphatic rings. The first-order valence-corrected chi connectivity index (χ1v) is 7.22. The zero-order valence-corrected chi connectivity index (χ0v) is 11.5. The molecule has 3 heteroatoms. The maximum atomic E-state index is 6.17. The highest BCUT2D eigenvalue weighted by Crippen LogP contribution is 2.27. The van der Waals surface area contributed by atoms with E-state index in [-0.39, 0.29) is 0 Å². The van der Waals surface area contributed by atoms with Crippen LogP contribution in [-0.4, -0.2) is 18.1 Å². The maximum absolute atomic E-state index is 6.17. The van der Waals surface area contributed by atoms with Crippen LogP contribution in [0.1, 0.15) is 31.9 Å². The Labute approximate surface area is 114 Å². The monoisotopic (exact) mass is 255 g/mol. The van der Waals surface area contributed by atoms with E-state index < -0.39 is 0 Å². The average molecular weight is 255 g/mol. The van der Waals surface area contributed by atoms with E-state index in [0.717, 1.165) is 41.8 Å². The Balaban J connectivity index is 2.02. The van der Waals surface area contributed by atoms with E-state index in [1.807, 2.05) is 6.07 Å². The Morgan fingerprint density at radius 1 is 1.16 bits per heavy atom. The van der Waals surface area contributed by atoms with E-state index >= 15 is 0 Å². The number of benzene rings is 1. The summed E-state index contributed by atoms with van der Waals surface area (Å²) in [4.78, 5) is 7.10. The number of aromatic nitrogens is 1. The van der Waals surface area contributed by atoms with Crippen LogP contribution in [0.5, 0.6) is 0 Å². The lowest BCUT2D eigenvalue weighted by Crippen LogP contribution is -2.29. The van der Waals surface area contributed by atoms with Crippen molar-refractivity contribution in [2.45, 2.75) is 32.6 Å². The summed E-state index contributed by atoms with van der Waals surface area (Å²) >= 11 is 0. The minimum absolute atomic E-state index is 0.848. The van der Waals surface area contributed by atoms with E-state index in [2.05, 4.69) is 35.0 Å². The molecule has 1 fully saturated rings. The number of anilines is 2. The molecule has 0 radical (unpaired) electrons. The molecule has 0 atom stereocenters. The van der Waals surface area contributed by atoms with Gasteiger partial charge in [0.05, 0.1) is 5.52 Å². The lowest BCUT2D eigenvalue weighted by molar-refractivity contribution is 0.578. The van der Waals surface area contributed by atoms with Crippen LogP contribution >= 0.6 is 0 Å². The smallest absolute Gasteiger partial charge is 0.0727 e. The third-order valence-corrected chi connectivity index (χ3v) is 3.96. The second-order valence-corrected chi connectivity index (χ2v) is 5.31. The maximum Gasteiger partial charge on any atom is 0.0727 e. The van der Waals surface area contributed by atoms with Gasteiger partial charge in [-0.2, -0.15) is 0 Å². The molecule has 3 nitrogen and oxygen atoms in total. The van der Waals surface area contributed by atoms with Crippen molar-refractivity contribution < 1.29 is 0 Å². The Morgan fingerprint density at radius 2 is 1.95 bits per heavy atom. The van der Waals surface area contributed by atoms with E-state index in [1.54, 1.807) is 0 Å². The molecule has 0 bridgehead atoms. The molecular formula is C16H21N3. The minimum atomic E-state index is 0.848. The zero-order chi connectivity index (χ0) is 13.2. The molecule has 0 amide bonds. The van der Waals surface area contributed by atoms with Gasteiger partial charge in [0, 0.05) is 35.5 Å². The standard InChI is InChI=1S/C16H21N3/c1-2-12-10-15(17)14-11-13(6-7-16(14)18-12)19-8-4-3-5-9-19/h6-7,10-11H,2-5,8-9H2,1H3,(H2,17,18). The molecule has 0 spiro atoms. The van der Waals surface area contributed by atoms with Gasteiger partial charge in [-0.05, 0) is 49.9 Å². The summed E-state index contributed by atoms with van der Waals surface area (Å²) in [5.41, 5.74) is 10.4. The highest BCUT2D eigenvalue weighted by molar-refractivity contribution is 5.92. The van der Waals surface area contributed by atoms with E-state index in [4.69, 9.17) is 5.73 Å². The van der Waals surface area contributed by atoms with Gasteiger partial charge in [0.1, 0.15) is 0 Å². The van der Waals surface area contributed by atoms with Crippen LogP contribution < -0.4 is 10.6 Å². The van der Waals surface area contributed by atoms with E-state index in [0.29, 0.717) is 0 Å². The number of piperidine rings is 1. The molecule has 1 aromatic carbocycles. The first-order chi connectivity index (χ1) is 9.28. The molecule has 0 unspecified atom stereocenters. The fraction of sp³-hybridized carbons (Fsp3) is 0.438. The highest BCUT2D eigenvalue weighted by Gasteiger charge is 2.12. The fourth-order valence-corrected chi connectivity index (χ4v) is 2.83. The molecule has 1 aliphatic heterocycles. The predicted molar refractivity (Wildman–Crippen MR) is 81.6 cm³/mol. The third-order valence-electron chi connectivity index (χ3n) is 3.96. The van der Waals surface area contributed by atoms with E-state index in [1.165, 1.54) is 24.9 Å². The molecule has 0 aliphatic carbocycles. The summed E-state index contributed by atoms with van der Waals surface area (Å²) in [7, 11) is 0. The van der Waals surface area contributed by atoms with Gasteiger partial charge >= 0.3 is 0 Å². The Hall–Kier alpha value is -1.77. The SMILES string of the molecule is CCc1cc(N)c2cc(N3CCCCC3)ccc2n1. The number of nitrogen functional groups attached to an aromatic ring is 1. The van der Waals surface area contributed by atoms with Crippen LogP contribution in [0.4, 0.5) is 11.4 Å². The number of rotatable bonds is 2. The van der Waals surface area contributed by atoms with Crippen molar-refractivity contribution in [3.8, 4) is 0 Å². The minimum Gasteiger partial charge on any atom is -0.398 e. The quantitative estimate of drug-likeness (QED) is 0.894. The predicted octanol–water partition coefficient (Wildman–Crippen LogP) is 3.37. The Bertz CT molecular complexity index is 586. The number of hydrogen-bond donors (Lipinski definition) is 1. The summed E-state index contributed by atoms with van der Waals surface area (Å²) < 4.78 is 0. The second-order valence-electron chi connectivity index (χ2n) is 5.31. The van der Waals surface area contributed by atoms with Gasteiger partial charge in [-0.15, -0.1) is 0 Å². The molecule has 2 N–H and O–H groups in total. The molecule has 0 saturated carbocycles. The molecule has 1 aromatic heterocycles. The summed E-state index contributed by atoms with van der Waals surface area (Å²) in [5, 5.41) is 1.08. The van der Waals surface area contributed by atoms with Crippen LogP contribution in [0, 0.1) is 0 Å². The largest absolute Gasteiger partial charge is 0.398 e. The lowest BCUT2D eigenvalue weighted by atomic mass is 10.1. The number of nitrogens with zero attached hydrogens (tertiary/aromatic N) is 2. The van der Waals surface area contributed by atoms with Gasteiger partial charge < -0.3 is 10.6 Å². The molecule has 100 valence electrons. The Kier molecular flexibility index (Phi) is 3.28. The first-order valence-electron chi connectivity index (χ1n) is 7.22. The van der Waals surface area contributed by atoms with Gasteiger partial charge in [-0.3, -0.25) is 4.98 Å². The van der Waals surface area contributed by atoms with Gasteiger partial charge in [0.2, 0.25) is 0 Å². The number of nitrogens with two attached hydrogens (primary N) is 1. The molecular weight excluding hydrogens is 234 g/mol. The summed E-state index contributed by atoms with van der Waals surface area (Å²) in [6, 6.07) is 8.49. The number of aryl methyl sites for hydroxylation is 1. The van der Waals surface area contributed by atoms with Crippen LogP contribution in [0.25, 0.3) is 10.9 Å². The summed E-state index contributed by atoms with van der Waals surface area (Å²) in [6.07, 6.45) is 4.86. The fourth-order valence-electron chi connectivity index (χ4n) is 2.83. The molecule has 19 heavy (non-hydrogen) atoms. The van der Waals surface area contributed by atoms with E-state index in [9.17, 15) is 0 Å². The van der Waals surface area contributed by atoms with Crippen molar-refractivity contribution in [2.24, 2.45) is 0 Å². The van der Waals surface area contributed by atoms with Crippen molar-refractivity contribution >= 4 is 22.3 Å². The molecule has 3 rings (SSSR count). The summed E-state index contributed by atoms with van der Waals surface area (Å²) in [5.74, 6) is 0. The molecule has 2 aromatic rings.